The number of halogens is 1. The summed E-state index contributed by atoms with van der Waals surface area (Å²) >= 11 is 0. The van der Waals surface area contributed by atoms with Gasteiger partial charge in [-0.05, 0) is 12.1 Å². The van der Waals surface area contributed by atoms with Gasteiger partial charge in [-0.3, -0.25) is 9.59 Å². The molecular formula is C15H17FN2O3. The van der Waals surface area contributed by atoms with Gasteiger partial charge in [0.25, 0.3) is 0 Å². The van der Waals surface area contributed by atoms with E-state index in [1.54, 1.807) is 23.1 Å². The lowest BCUT2D eigenvalue weighted by Crippen LogP contribution is -2.44. The molecule has 2 aliphatic heterocycles. The number of benzene rings is 1. The summed E-state index contributed by atoms with van der Waals surface area (Å²) in [5.74, 6) is -1.07. The molecule has 0 bridgehead atoms. The molecule has 21 heavy (non-hydrogen) atoms. The van der Waals surface area contributed by atoms with Crippen molar-refractivity contribution >= 4 is 17.5 Å². The molecule has 1 atom stereocenters. The van der Waals surface area contributed by atoms with Crippen molar-refractivity contribution in [2.45, 2.75) is 6.42 Å². The Hall–Kier alpha value is -1.95. The van der Waals surface area contributed by atoms with Gasteiger partial charge < -0.3 is 14.5 Å². The van der Waals surface area contributed by atoms with Crippen LogP contribution in [-0.2, 0) is 14.3 Å². The molecular weight excluding hydrogens is 275 g/mol. The van der Waals surface area contributed by atoms with Gasteiger partial charge in [-0.15, -0.1) is 0 Å². The lowest BCUT2D eigenvalue weighted by Gasteiger charge is -2.29. The van der Waals surface area contributed by atoms with E-state index in [0.717, 1.165) is 0 Å². The topological polar surface area (TPSA) is 49.9 Å². The van der Waals surface area contributed by atoms with E-state index in [9.17, 15) is 14.0 Å². The van der Waals surface area contributed by atoms with E-state index in [2.05, 4.69) is 0 Å². The third-order valence-electron chi connectivity index (χ3n) is 3.94. The van der Waals surface area contributed by atoms with Crippen LogP contribution in [0, 0.1) is 11.7 Å². The van der Waals surface area contributed by atoms with Crippen LogP contribution in [0.1, 0.15) is 6.42 Å². The lowest BCUT2D eigenvalue weighted by atomic mass is 10.1. The van der Waals surface area contributed by atoms with Gasteiger partial charge in [-0.25, -0.2) is 4.39 Å². The summed E-state index contributed by atoms with van der Waals surface area (Å²) in [6, 6.07) is 6.15. The van der Waals surface area contributed by atoms with Crippen LogP contribution in [-0.4, -0.2) is 49.6 Å². The maximum atomic E-state index is 13.8. The van der Waals surface area contributed by atoms with Crippen LogP contribution in [0.5, 0.6) is 0 Å². The fourth-order valence-electron chi connectivity index (χ4n) is 2.82. The van der Waals surface area contributed by atoms with Gasteiger partial charge >= 0.3 is 0 Å². The summed E-state index contributed by atoms with van der Waals surface area (Å²) in [5.41, 5.74) is 0.250. The molecule has 3 rings (SSSR count). The fourth-order valence-corrected chi connectivity index (χ4v) is 2.82. The molecule has 5 nitrogen and oxygen atoms in total. The molecule has 2 heterocycles. The summed E-state index contributed by atoms with van der Waals surface area (Å²) in [7, 11) is 0. The minimum Gasteiger partial charge on any atom is -0.378 e. The number of para-hydroxylation sites is 1. The van der Waals surface area contributed by atoms with Crippen LogP contribution < -0.4 is 4.90 Å². The molecule has 0 unspecified atom stereocenters. The van der Waals surface area contributed by atoms with Crippen LogP contribution in [0.3, 0.4) is 0 Å². The van der Waals surface area contributed by atoms with Crippen LogP contribution in [0.2, 0.25) is 0 Å². The Morgan fingerprint density at radius 1 is 1.24 bits per heavy atom. The second-order valence-corrected chi connectivity index (χ2v) is 5.29. The molecule has 0 aliphatic carbocycles. The van der Waals surface area contributed by atoms with Gasteiger partial charge in [0.1, 0.15) is 5.82 Å². The zero-order chi connectivity index (χ0) is 14.8. The van der Waals surface area contributed by atoms with Crippen LogP contribution in [0.15, 0.2) is 24.3 Å². The van der Waals surface area contributed by atoms with Gasteiger partial charge in [-0.1, -0.05) is 12.1 Å². The van der Waals surface area contributed by atoms with Gasteiger partial charge in [0, 0.05) is 26.1 Å². The summed E-state index contributed by atoms with van der Waals surface area (Å²) in [6.07, 6.45) is 0.143. The number of ether oxygens (including phenoxy) is 1. The van der Waals surface area contributed by atoms with Crippen molar-refractivity contribution in [3.8, 4) is 0 Å². The van der Waals surface area contributed by atoms with E-state index < -0.39 is 11.7 Å². The number of hydrogen-bond donors (Lipinski definition) is 0. The molecule has 0 saturated carbocycles. The molecule has 2 aliphatic rings. The Bertz CT molecular complexity index is 558. The van der Waals surface area contributed by atoms with Crippen molar-refractivity contribution in [2.24, 2.45) is 5.92 Å². The van der Waals surface area contributed by atoms with E-state index in [0.29, 0.717) is 26.3 Å². The first kappa shape index (κ1) is 14.0. The second kappa shape index (κ2) is 5.81. The standard InChI is InChI=1S/C15H17FN2O3/c16-12-3-1-2-4-13(12)18-10-11(9-14(18)19)15(20)17-5-7-21-8-6-17/h1-4,11H,5-10H2/t11-/m0/s1. The van der Waals surface area contributed by atoms with Crippen molar-refractivity contribution in [3.63, 3.8) is 0 Å². The predicted molar refractivity (Wildman–Crippen MR) is 74.3 cm³/mol. The van der Waals surface area contributed by atoms with E-state index in [1.807, 2.05) is 0 Å². The predicted octanol–water partition coefficient (Wildman–Crippen LogP) is 1.04. The molecule has 112 valence electrons. The number of amides is 2. The number of carbonyl (C=O) groups is 2. The van der Waals surface area contributed by atoms with Crippen molar-refractivity contribution in [2.75, 3.05) is 37.7 Å². The number of carbonyl (C=O) groups excluding carboxylic acids is 2. The number of anilines is 1. The average molecular weight is 292 g/mol. The second-order valence-electron chi connectivity index (χ2n) is 5.29. The maximum absolute atomic E-state index is 13.8. The molecule has 6 heteroatoms. The van der Waals surface area contributed by atoms with Gasteiger partial charge in [0.05, 0.1) is 24.8 Å². The normalized spacial score (nSPS) is 22.7. The molecule has 1 aromatic carbocycles. The summed E-state index contributed by atoms with van der Waals surface area (Å²) in [4.78, 5) is 27.6. The molecule has 1 aromatic rings. The smallest absolute Gasteiger partial charge is 0.228 e. The number of morpholine rings is 1. The minimum absolute atomic E-state index is 0.0366. The summed E-state index contributed by atoms with van der Waals surface area (Å²) in [5, 5.41) is 0. The average Bonchev–Trinajstić information content (AvgIpc) is 2.90. The van der Waals surface area contributed by atoms with Crippen LogP contribution in [0.25, 0.3) is 0 Å². The van der Waals surface area contributed by atoms with Crippen molar-refractivity contribution < 1.29 is 18.7 Å². The number of hydrogen-bond acceptors (Lipinski definition) is 3. The van der Waals surface area contributed by atoms with Gasteiger partial charge in [0.2, 0.25) is 11.8 Å². The molecule has 0 aromatic heterocycles. The van der Waals surface area contributed by atoms with Crippen molar-refractivity contribution in [1.82, 2.24) is 4.90 Å². The first-order chi connectivity index (χ1) is 10.2. The zero-order valence-electron chi connectivity index (χ0n) is 11.6. The number of nitrogens with zero attached hydrogens (tertiary/aromatic N) is 2. The molecule has 0 spiro atoms. The largest absolute Gasteiger partial charge is 0.378 e. The highest BCUT2D eigenvalue weighted by Crippen LogP contribution is 2.28. The quantitative estimate of drug-likeness (QED) is 0.818. The molecule has 2 fully saturated rings. The lowest BCUT2D eigenvalue weighted by molar-refractivity contribution is -0.139. The summed E-state index contributed by atoms with van der Waals surface area (Å²) in [6.45, 7) is 2.43. The number of rotatable bonds is 2. The van der Waals surface area contributed by atoms with Crippen molar-refractivity contribution in [1.29, 1.82) is 0 Å². The Morgan fingerprint density at radius 3 is 2.67 bits per heavy atom. The van der Waals surface area contributed by atoms with E-state index in [4.69, 9.17) is 4.74 Å². The van der Waals surface area contributed by atoms with Gasteiger partial charge in [-0.2, -0.15) is 0 Å². The van der Waals surface area contributed by atoms with Crippen LogP contribution >= 0.6 is 0 Å². The van der Waals surface area contributed by atoms with E-state index in [-0.39, 0.29) is 30.5 Å². The fraction of sp³-hybridized carbons (Fsp3) is 0.467. The highest BCUT2D eigenvalue weighted by atomic mass is 19.1. The molecule has 0 N–H and O–H groups in total. The Balaban J connectivity index is 1.72. The Labute approximate surface area is 122 Å². The first-order valence-corrected chi connectivity index (χ1v) is 7.08. The van der Waals surface area contributed by atoms with E-state index >= 15 is 0 Å². The summed E-state index contributed by atoms with van der Waals surface area (Å²) < 4.78 is 19.0. The highest BCUT2D eigenvalue weighted by Gasteiger charge is 2.38. The molecule has 2 amide bonds. The van der Waals surface area contributed by atoms with Crippen molar-refractivity contribution in [3.05, 3.63) is 30.1 Å². The third kappa shape index (κ3) is 2.76. The minimum atomic E-state index is -0.440. The third-order valence-corrected chi connectivity index (χ3v) is 3.94. The molecule has 0 radical (unpaired) electrons. The Morgan fingerprint density at radius 2 is 1.95 bits per heavy atom. The first-order valence-electron chi connectivity index (χ1n) is 7.08. The monoisotopic (exact) mass is 292 g/mol. The zero-order valence-corrected chi connectivity index (χ0v) is 11.6. The highest BCUT2D eigenvalue weighted by molar-refractivity contribution is 6.00. The SMILES string of the molecule is O=C([C@H]1CC(=O)N(c2ccccc2F)C1)N1CCOCC1. The van der Waals surface area contributed by atoms with Gasteiger partial charge in [0.15, 0.2) is 0 Å². The Kier molecular flexibility index (Phi) is 3.88. The molecule has 2 saturated heterocycles. The maximum Gasteiger partial charge on any atom is 0.228 e. The van der Waals surface area contributed by atoms with E-state index in [1.165, 1.54) is 11.0 Å². The van der Waals surface area contributed by atoms with Crippen LogP contribution in [0.4, 0.5) is 10.1 Å².